The lowest BCUT2D eigenvalue weighted by molar-refractivity contribution is -0.253. The van der Waals surface area contributed by atoms with E-state index in [1.807, 2.05) is 20.8 Å². The van der Waals surface area contributed by atoms with Crippen molar-refractivity contribution in [2.45, 2.75) is 51.9 Å². The molecule has 0 aliphatic rings. The summed E-state index contributed by atoms with van der Waals surface area (Å²) in [4.78, 5) is 0. The van der Waals surface area contributed by atoms with Gasteiger partial charge in [-0.2, -0.15) is 17.6 Å². The smallest absolute Gasteiger partial charge is 0.428 e. The van der Waals surface area contributed by atoms with Crippen molar-refractivity contribution in [3.63, 3.8) is 0 Å². The van der Waals surface area contributed by atoms with Gasteiger partial charge in [-0.3, -0.25) is 0 Å². The molecule has 0 aliphatic carbocycles. The predicted molar refractivity (Wildman–Crippen MR) is 75.0 cm³/mol. The molecule has 3 nitrogen and oxygen atoms in total. The fraction of sp³-hybridized carbons (Fsp3) is 0.600. The zero-order chi connectivity index (χ0) is 17.1. The number of nitrogens with two attached hydrogens (primary N) is 1. The maximum Gasteiger partial charge on any atom is 0.461 e. The third-order valence-electron chi connectivity index (χ3n) is 3.34. The second kappa shape index (κ2) is 6.83. The monoisotopic (exact) mass is 323 g/mol. The first-order valence-corrected chi connectivity index (χ1v) is 6.82. The standard InChI is InChI=1S/C15H21F4NO2/c1-14(2,3)12(20)8-11(21)9-5-4-6-10(7-9)22-15(18,19)13(16)17/h4-7,11-13,21H,8,20H2,1-3H3/t11-,12+/m0/s1. The fourth-order valence-corrected chi connectivity index (χ4v) is 1.72. The van der Waals surface area contributed by atoms with Crippen molar-refractivity contribution >= 4 is 0 Å². The average molecular weight is 323 g/mol. The molecule has 0 bridgehead atoms. The molecule has 2 atom stereocenters. The van der Waals surface area contributed by atoms with E-state index in [0.717, 1.165) is 12.1 Å². The van der Waals surface area contributed by atoms with Crippen molar-refractivity contribution in [1.82, 2.24) is 0 Å². The molecule has 1 aromatic carbocycles. The number of aliphatic hydroxyl groups excluding tert-OH is 1. The number of hydrogen-bond acceptors (Lipinski definition) is 3. The van der Waals surface area contributed by atoms with Crippen molar-refractivity contribution in [3.05, 3.63) is 29.8 Å². The third-order valence-corrected chi connectivity index (χ3v) is 3.34. The van der Waals surface area contributed by atoms with Crippen LogP contribution in [0, 0.1) is 5.41 Å². The van der Waals surface area contributed by atoms with Gasteiger partial charge in [-0.1, -0.05) is 32.9 Å². The van der Waals surface area contributed by atoms with E-state index in [4.69, 9.17) is 5.73 Å². The Labute approximate surface area is 127 Å². The van der Waals surface area contributed by atoms with Crippen LogP contribution in [0.4, 0.5) is 17.6 Å². The Kier molecular flexibility index (Phi) is 5.81. The normalized spacial score (nSPS) is 15.7. The van der Waals surface area contributed by atoms with Crippen molar-refractivity contribution in [2.75, 3.05) is 0 Å². The van der Waals surface area contributed by atoms with Crippen molar-refractivity contribution in [1.29, 1.82) is 0 Å². The molecule has 0 amide bonds. The molecule has 7 heteroatoms. The van der Waals surface area contributed by atoms with Crippen molar-refractivity contribution in [3.8, 4) is 5.75 Å². The first kappa shape index (κ1) is 18.7. The van der Waals surface area contributed by atoms with Gasteiger partial charge < -0.3 is 15.6 Å². The van der Waals surface area contributed by atoms with Gasteiger partial charge in [-0.05, 0) is 29.5 Å². The highest BCUT2D eigenvalue weighted by atomic mass is 19.3. The lowest BCUT2D eigenvalue weighted by Crippen LogP contribution is -2.36. The third kappa shape index (κ3) is 5.14. The van der Waals surface area contributed by atoms with Gasteiger partial charge >= 0.3 is 12.5 Å². The molecule has 0 heterocycles. The minimum atomic E-state index is -4.58. The fourth-order valence-electron chi connectivity index (χ4n) is 1.72. The minimum absolute atomic E-state index is 0.207. The van der Waals surface area contributed by atoms with Crippen LogP contribution in [0.25, 0.3) is 0 Å². The molecule has 0 saturated carbocycles. The molecular weight excluding hydrogens is 302 g/mol. The van der Waals surface area contributed by atoms with Crippen molar-refractivity contribution in [2.24, 2.45) is 11.1 Å². The topological polar surface area (TPSA) is 55.5 Å². The highest BCUT2D eigenvalue weighted by molar-refractivity contribution is 5.30. The van der Waals surface area contributed by atoms with E-state index in [1.165, 1.54) is 12.1 Å². The van der Waals surface area contributed by atoms with Gasteiger partial charge in [-0.15, -0.1) is 0 Å². The van der Waals surface area contributed by atoms with Crippen LogP contribution >= 0.6 is 0 Å². The SMILES string of the molecule is CC(C)(C)[C@H](N)C[C@H](O)c1cccc(OC(F)(F)C(F)F)c1. The maximum absolute atomic E-state index is 12.9. The van der Waals surface area contributed by atoms with Crippen molar-refractivity contribution < 1.29 is 27.4 Å². The van der Waals surface area contributed by atoms with E-state index in [0.29, 0.717) is 0 Å². The Hall–Kier alpha value is -1.34. The molecule has 126 valence electrons. The molecule has 0 aliphatic heterocycles. The van der Waals surface area contributed by atoms with E-state index in [9.17, 15) is 22.7 Å². The first-order chi connectivity index (χ1) is 9.93. The quantitative estimate of drug-likeness (QED) is 0.785. The zero-order valence-corrected chi connectivity index (χ0v) is 12.7. The summed E-state index contributed by atoms with van der Waals surface area (Å²) in [7, 11) is 0. The van der Waals surface area contributed by atoms with Gasteiger partial charge in [0.25, 0.3) is 0 Å². The molecule has 0 radical (unpaired) electrons. The number of hydrogen-bond donors (Lipinski definition) is 2. The van der Waals surface area contributed by atoms with E-state index in [-0.39, 0.29) is 23.4 Å². The van der Waals surface area contributed by atoms with Gasteiger partial charge in [0, 0.05) is 6.04 Å². The van der Waals surface area contributed by atoms with E-state index in [2.05, 4.69) is 4.74 Å². The number of aliphatic hydroxyl groups is 1. The van der Waals surface area contributed by atoms with Crippen LogP contribution in [0.5, 0.6) is 5.75 Å². The summed E-state index contributed by atoms with van der Waals surface area (Å²) in [6.45, 7) is 5.73. The lowest BCUT2D eigenvalue weighted by Gasteiger charge is -2.29. The highest BCUT2D eigenvalue weighted by Gasteiger charge is 2.44. The largest absolute Gasteiger partial charge is 0.461 e. The molecule has 1 rings (SSSR count). The van der Waals surface area contributed by atoms with Crippen LogP contribution in [0.2, 0.25) is 0 Å². The van der Waals surface area contributed by atoms with Gasteiger partial charge in [0.2, 0.25) is 0 Å². The molecule has 0 aromatic heterocycles. The average Bonchev–Trinajstić information content (AvgIpc) is 2.37. The van der Waals surface area contributed by atoms with Crippen LogP contribution in [0.15, 0.2) is 24.3 Å². The number of halogens is 4. The van der Waals surface area contributed by atoms with Crippen LogP contribution in [0.3, 0.4) is 0 Å². The van der Waals surface area contributed by atoms with E-state index >= 15 is 0 Å². The molecule has 0 unspecified atom stereocenters. The number of rotatable bonds is 6. The number of ether oxygens (including phenoxy) is 1. The molecule has 1 aromatic rings. The maximum atomic E-state index is 12.9. The Balaban J connectivity index is 2.84. The summed E-state index contributed by atoms with van der Waals surface area (Å²) in [5, 5.41) is 10.1. The summed E-state index contributed by atoms with van der Waals surface area (Å²) in [5.41, 5.74) is 6.00. The second-order valence-electron chi connectivity index (χ2n) is 6.26. The molecule has 3 N–H and O–H groups in total. The second-order valence-corrected chi connectivity index (χ2v) is 6.26. The number of alkyl halides is 4. The van der Waals surface area contributed by atoms with Gasteiger partial charge in [0.15, 0.2) is 0 Å². The van der Waals surface area contributed by atoms with Crippen LogP contribution in [0.1, 0.15) is 38.9 Å². The molecule has 22 heavy (non-hydrogen) atoms. The Morgan fingerprint density at radius 1 is 1.23 bits per heavy atom. The highest BCUT2D eigenvalue weighted by Crippen LogP contribution is 2.31. The number of benzene rings is 1. The molecule has 0 spiro atoms. The molecular formula is C15H21F4NO2. The molecule has 0 saturated heterocycles. The van der Waals surface area contributed by atoms with E-state index < -0.39 is 24.4 Å². The first-order valence-electron chi connectivity index (χ1n) is 6.82. The Bertz CT molecular complexity index is 489. The lowest BCUT2D eigenvalue weighted by atomic mass is 9.83. The van der Waals surface area contributed by atoms with Gasteiger partial charge in [0.05, 0.1) is 6.10 Å². The predicted octanol–water partition coefficient (Wildman–Crippen LogP) is 3.72. The minimum Gasteiger partial charge on any atom is -0.428 e. The van der Waals surface area contributed by atoms with Crippen LogP contribution in [-0.4, -0.2) is 23.7 Å². The summed E-state index contributed by atoms with van der Waals surface area (Å²) < 4.78 is 54.0. The molecule has 0 fully saturated rings. The van der Waals surface area contributed by atoms with Crippen LogP contribution in [-0.2, 0) is 0 Å². The Morgan fingerprint density at radius 3 is 2.32 bits per heavy atom. The van der Waals surface area contributed by atoms with E-state index in [1.54, 1.807) is 0 Å². The summed E-state index contributed by atoms with van der Waals surface area (Å²) in [5.74, 6) is -0.439. The van der Waals surface area contributed by atoms with Gasteiger partial charge in [-0.25, -0.2) is 0 Å². The zero-order valence-electron chi connectivity index (χ0n) is 12.7. The summed E-state index contributed by atoms with van der Waals surface area (Å²) in [6, 6.07) is 4.74. The summed E-state index contributed by atoms with van der Waals surface area (Å²) >= 11 is 0. The van der Waals surface area contributed by atoms with Gasteiger partial charge in [0.1, 0.15) is 5.75 Å². The van der Waals surface area contributed by atoms with Crippen LogP contribution < -0.4 is 10.5 Å². The Morgan fingerprint density at radius 2 is 1.82 bits per heavy atom. The summed E-state index contributed by atoms with van der Waals surface area (Å²) in [6.07, 6.45) is -9.31.